The molecule has 1 fully saturated rings. The maximum Gasteiger partial charge on any atom is 0.239 e. The second-order valence-corrected chi connectivity index (χ2v) is 9.64. The van der Waals surface area contributed by atoms with E-state index in [2.05, 4.69) is 49.3 Å². The van der Waals surface area contributed by atoms with Crippen LogP contribution in [0, 0.1) is 17.3 Å². The number of rotatable bonds is 7. The summed E-state index contributed by atoms with van der Waals surface area (Å²) in [6.07, 6.45) is 6.65. The lowest BCUT2D eigenvalue weighted by Gasteiger charge is -2.47. The van der Waals surface area contributed by atoms with Crippen LogP contribution in [0.3, 0.4) is 0 Å². The number of hydrogen-bond acceptors (Lipinski definition) is 3. The molecule has 1 aliphatic heterocycles. The highest BCUT2D eigenvalue weighted by molar-refractivity contribution is 6.20. The zero-order valence-electron chi connectivity index (χ0n) is 17.3. The van der Waals surface area contributed by atoms with E-state index in [4.69, 9.17) is 11.6 Å². The van der Waals surface area contributed by atoms with Crippen LogP contribution in [0.2, 0.25) is 0 Å². The van der Waals surface area contributed by atoms with Gasteiger partial charge in [-0.1, -0.05) is 39.3 Å². The second kappa shape index (κ2) is 9.57. The predicted octanol–water partition coefficient (Wildman–Crippen LogP) is 3.41. The number of halogens is 1. The van der Waals surface area contributed by atoms with Crippen LogP contribution in [-0.4, -0.2) is 55.5 Å². The summed E-state index contributed by atoms with van der Waals surface area (Å²) < 4.78 is 0. The molecule has 5 heteroatoms. The van der Waals surface area contributed by atoms with Crippen molar-refractivity contribution in [3.63, 3.8) is 0 Å². The maximum atomic E-state index is 13.2. The molecular weight excluding hydrogens is 346 g/mol. The molecule has 1 aliphatic carbocycles. The molecule has 0 aromatic rings. The summed E-state index contributed by atoms with van der Waals surface area (Å²) in [6, 6.07) is -0.0957. The first-order valence-electron chi connectivity index (χ1n) is 10.3. The molecule has 0 saturated carbocycles. The zero-order chi connectivity index (χ0) is 19.3. The topological polar surface area (TPSA) is 44.4 Å². The van der Waals surface area contributed by atoms with Crippen LogP contribution in [0.5, 0.6) is 0 Å². The van der Waals surface area contributed by atoms with Gasteiger partial charge in [0.05, 0.1) is 6.04 Å². The summed E-state index contributed by atoms with van der Waals surface area (Å²) in [7, 11) is 1.94. The van der Waals surface area contributed by atoms with Gasteiger partial charge in [0, 0.05) is 31.6 Å². The van der Waals surface area contributed by atoms with Gasteiger partial charge in [-0.2, -0.15) is 0 Å². The van der Waals surface area contributed by atoms with Crippen molar-refractivity contribution in [1.29, 1.82) is 0 Å². The molecule has 2 aliphatic rings. The number of piperidine rings is 1. The summed E-state index contributed by atoms with van der Waals surface area (Å²) >= 11 is 6.26. The predicted molar refractivity (Wildman–Crippen MR) is 111 cm³/mol. The Morgan fingerprint density at radius 2 is 2.08 bits per heavy atom. The van der Waals surface area contributed by atoms with Gasteiger partial charge in [-0.15, -0.1) is 11.6 Å². The Kier molecular flexibility index (Phi) is 7.99. The highest BCUT2D eigenvalue weighted by Gasteiger charge is 2.41. The molecule has 150 valence electrons. The third-order valence-electron chi connectivity index (χ3n) is 6.04. The van der Waals surface area contributed by atoms with E-state index in [9.17, 15) is 4.79 Å². The molecule has 0 bridgehead atoms. The number of likely N-dealkylation sites (tertiary alicyclic amines) is 1. The van der Waals surface area contributed by atoms with Crippen LogP contribution in [-0.2, 0) is 4.79 Å². The van der Waals surface area contributed by atoms with Crippen molar-refractivity contribution in [1.82, 2.24) is 15.5 Å². The average Bonchev–Trinajstić information content (AvgIpc) is 2.58. The number of nitrogens with zero attached hydrogens (tertiary/aromatic N) is 1. The van der Waals surface area contributed by atoms with E-state index in [0.717, 1.165) is 51.9 Å². The maximum absolute atomic E-state index is 13.2. The Labute approximate surface area is 165 Å². The van der Waals surface area contributed by atoms with Gasteiger partial charge in [-0.05, 0) is 50.0 Å². The SMILES string of the molecule is CNCCN[C@@H](C(=O)N1CC[C@H](C2=CCC(Cl)CC2)C(C)(C)C1)C(C)C. The molecule has 1 amide bonds. The van der Waals surface area contributed by atoms with Gasteiger partial charge in [-0.3, -0.25) is 4.79 Å². The Hall–Kier alpha value is -0.580. The molecule has 1 saturated heterocycles. The fourth-order valence-corrected chi connectivity index (χ4v) is 4.73. The normalized spacial score (nSPS) is 27.3. The summed E-state index contributed by atoms with van der Waals surface area (Å²) in [5.41, 5.74) is 1.69. The molecular formula is C21H38ClN3O. The number of amides is 1. The van der Waals surface area contributed by atoms with E-state index in [-0.39, 0.29) is 17.4 Å². The van der Waals surface area contributed by atoms with E-state index >= 15 is 0 Å². The number of carbonyl (C=O) groups excluding carboxylic acids is 1. The highest BCUT2D eigenvalue weighted by atomic mass is 35.5. The van der Waals surface area contributed by atoms with E-state index < -0.39 is 0 Å². The van der Waals surface area contributed by atoms with Crippen LogP contribution in [0.15, 0.2) is 11.6 Å². The summed E-state index contributed by atoms with van der Waals surface area (Å²) in [6.45, 7) is 12.3. The van der Waals surface area contributed by atoms with E-state index in [1.165, 1.54) is 0 Å². The van der Waals surface area contributed by atoms with Gasteiger partial charge >= 0.3 is 0 Å². The molecule has 0 spiro atoms. The van der Waals surface area contributed by atoms with Gasteiger partial charge in [0.2, 0.25) is 5.91 Å². The smallest absolute Gasteiger partial charge is 0.239 e. The van der Waals surface area contributed by atoms with Crippen molar-refractivity contribution in [3.05, 3.63) is 11.6 Å². The van der Waals surface area contributed by atoms with E-state index in [1.807, 2.05) is 7.05 Å². The standard InChI is InChI=1S/C21H38ClN3O/c1-15(2)19(24-12-11-23-5)20(26)25-13-10-18(21(3,4)14-25)16-6-8-17(22)9-7-16/h6,15,17-19,23-24H,7-14H2,1-5H3/t17?,18-,19-/m1/s1. The fourth-order valence-electron chi connectivity index (χ4n) is 4.53. The summed E-state index contributed by atoms with van der Waals surface area (Å²) in [5.74, 6) is 1.13. The molecule has 0 aromatic heterocycles. The quantitative estimate of drug-likeness (QED) is 0.402. The molecule has 3 atom stereocenters. The van der Waals surface area contributed by atoms with Crippen molar-refractivity contribution >= 4 is 17.5 Å². The van der Waals surface area contributed by atoms with Gasteiger partial charge in [-0.25, -0.2) is 0 Å². The molecule has 2 rings (SSSR count). The first-order valence-corrected chi connectivity index (χ1v) is 10.7. The minimum atomic E-state index is -0.0957. The van der Waals surface area contributed by atoms with Crippen molar-refractivity contribution in [3.8, 4) is 0 Å². The average molecular weight is 384 g/mol. The monoisotopic (exact) mass is 383 g/mol. The van der Waals surface area contributed by atoms with Crippen LogP contribution in [0.1, 0.15) is 53.4 Å². The number of nitrogens with one attached hydrogen (secondary N) is 2. The van der Waals surface area contributed by atoms with Gasteiger partial charge in [0.15, 0.2) is 0 Å². The molecule has 2 N–H and O–H groups in total. The molecule has 1 heterocycles. The van der Waals surface area contributed by atoms with E-state index in [1.54, 1.807) is 5.57 Å². The first kappa shape index (κ1) is 21.7. The van der Waals surface area contributed by atoms with Gasteiger partial charge in [0.1, 0.15) is 0 Å². The Bertz CT molecular complexity index is 503. The Morgan fingerprint density at radius 1 is 1.35 bits per heavy atom. The van der Waals surface area contributed by atoms with Crippen molar-refractivity contribution in [2.24, 2.45) is 17.3 Å². The number of carbonyl (C=O) groups is 1. The highest BCUT2D eigenvalue weighted by Crippen LogP contribution is 2.43. The summed E-state index contributed by atoms with van der Waals surface area (Å²) in [5, 5.41) is 6.88. The van der Waals surface area contributed by atoms with Gasteiger partial charge in [0.25, 0.3) is 0 Å². The van der Waals surface area contributed by atoms with Crippen molar-refractivity contribution in [2.75, 3.05) is 33.2 Å². The largest absolute Gasteiger partial charge is 0.341 e. The number of likely N-dealkylation sites (N-methyl/N-ethyl adjacent to an activating group) is 1. The van der Waals surface area contributed by atoms with Crippen LogP contribution in [0.25, 0.3) is 0 Å². The van der Waals surface area contributed by atoms with Gasteiger partial charge < -0.3 is 15.5 Å². The zero-order valence-corrected chi connectivity index (χ0v) is 18.0. The van der Waals surface area contributed by atoms with E-state index in [0.29, 0.717) is 17.2 Å². The Morgan fingerprint density at radius 3 is 2.62 bits per heavy atom. The lowest BCUT2D eigenvalue weighted by atomic mass is 9.68. The van der Waals surface area contributed by atoms with Crippen LogP contribution < -0.4 is 10.6 Å². The minimum Gasteiger partial charge on any atom is -0.341 e. The molecule has 26 heavy (non-hydrogen) atoms. The number of allylic oxidation sites excluding steroid dienone is 2. The Balaban J connectivity index is 2.01. The number of hydrogen-bond donors (Lipinski definition) is 2. The molecule has 4 nitrogen and oxygen atoms in total. The molecule has 0 radical (unpaired) electrons. The lowest BCUT2D eigenvalue weighted by Crippen LogP contribution is -2.56. The fraction of sp³-hybridized carbons (Fsp3) is 0.857. The third kappa shape index (κ3) is 5.46. The first-order chi connectivity index (χ1) is 12.3. The minimum absolute atomic E-state index is 0.0957. The second-order valence-electron chi connectivity index (χ2n) is 9.02. The molecule has 0 aromatic carbocycles. The lowest BCUT2D eigenvalue weighted by molar-refractivity contribution is -0.138. The van der Waals surface area contributed by atoms with Crippen LogP contribution >= 0.6 is 11.6 Å². The number of alkyl halides is 1. The van der Waals surface area contributed by atoms with Crippen LogP contribution in [0.4, 0.5) is 0 Å². The van der Waals surface area contributed by atoms with Crippen molar-refractivity contribution in [2.45, 2.75) is 64.8 Å². The van der Waals surface area contributed by atoms with Crippen molar-refractivity contribution < 1.29 is 4.79 Å². The molecule has 1 unspecified atom stereocenters. The summed E-state index contributed by atoms with van der Waals surface area (Å²) in [4.78, 5) is 15.3. The third-order valence-corrected chi connectivity index (χ3v) is 6.44.